The van der Waals surface area contributed by atoms with Crippen LogP contribution < -0.4 is 5.32 Å². The molecule has 12 heteroatoms. The van der Waals surface area contributed by atoms with Crippen LogP contribution in [0.25, 0.3) is 11.3 Å². The average Bonchev–Trinajstić information content (AvgIpc) is 3.40. The van der Waals surface area contributed by atoms with Crippen molar-refractivity contribution in [3.05, 3.63) is 69.9 Å². The number of β-amino-alcohol motifs (C(OH)–C–C–N with tert-alkyl or cyclic N) is 1. The molecule has 1 aromatic heterocycles. The first-order valence-corrected chi connectivity index (χ1v) is 17.7. The summed E-state index contributed by atoms with van der Waals surface area (Å²) in [6.07, 6.45) is -2.18. The Morgan fingerprint density at radius 3 is 2.50 bits per heavy atom. The third-order valence-electron chi connectivity index (χ3n) is 9.51. The molecule has 6 nitrogen and oxygen atoms in total. The van der Waals surface area contributed by atoms with Crippen LogP contribution in [-0.2, 0) is 25.7 Å². The molecule has 0 amide bonds. The fourth-order valence-electron chi connectivity index (χ4n) is 7.00. The van der Waals surface area contributed by atoms with Crippen LogP contribution in [0.15, 0.2) is 47.4 Å². The number of nitrogens with one attached hydrogen (secondary N) is 1. The first-order chi connectivity index (χ1) is 22.1. The van der Waals surface area contributed by atoms with Crippen molar-refractivity contribution in [2.75, 3.05) is 51.6 Å². The number of aliphatic hydroxyl groups is 1. The molecular formula is C34H42ClF4N5OS. The molecule has 2 saturated heterocycles. The van der Waals surface area contributed by atoms with E-state index in [9.17, 15) is 22.7 Å². The van der Waals surface area contributed by atoms with Crippen molar-refractivity contribution >= 4 is 23.4 Å². The molecule has 0 bridgehead atoms. The highest BCUT2D eigenvalue weighted by molar-refractivity contribution is 7.99. The number of likely N-dealkylation sites (tertiary alicyclic amines) is 2. The zero-order valence-corrected chi connectivity index (χ0v) is 27.5. The second-order valence-electron chi connectivity index (χ2n) is 12.7. The minimum atomic E-state index is -4.47. The van der Waals surface area contributed by atoms with E-state index in [2.05, 4.69) is 21.2 Å². The van der Waals surface area contributed by atoms with E-state index in [0.29, 0.717) is 75.0 Å². The van der Waals surface area contributed by atoms with E-state index >= 15 is 0 Å². The lowest BCUT2D eigenvalue weighted by Gasteiger charge is -2.33. The summed E-state index contributed by atoms with van der Waals surface area (Å²) >= 11 is 7.39. The van der Waals surface area contributed by atoms with E-state index in [1.54, 1.807) is 6.07 Å². The Labute approximate surface area is 277 Å². The van der Waals surface area contributed by atoms with E-state index < -0.39 is 24.0 Å². The van der Waals surface area contributed by atoms with E-state index in [4.69, 9.17) is 16.7 Å². The number of thioether (sulfide) groups is 1. The monoisotopic (exact) mass is 679 g/mol. The molecule has 46 heavy (non-hydrogen) atoms. The van der Waals surface area contributed by atoms with Gasteiger partial charge in [-0.05, 0) is 74.5 Å². The minimum absolute atomic E-state index is 0.179. The van der Waals surface area contributed by atoms with Gasteiger partial charge in [0.2, 0.25) is 0 Å². The summed E-state index contributed by atoms with van der Waals surface area (Å²) in [5.74, 6) is 0.945. The number of piperidine rings is 2. The molecule has 4 heterocycles. The van der Waals surface area contributed by atoms with Gasteiger partial charge in [-0.1, -0.05) is 29.8 Å². The van der Waals surface area contributed by atoms with Gasteiger partial charge in [0.1, 0.15) is 6.17 Å². The highest BCUT2D eigenvalue weighted by Crippen LogP contribution is 2.40. The molecule has 3 aromatic rings. The third kappa shape index (κ3) is 8.28. The fourth-order valence-corrected chi connectivity index (χ4v) is 8.32. The van der Waals surface area contributed by atoms with Gasteiger partial charge in [0, 0.05) is 78.2 Å². The molecule has 0 spiro atoms. The van der Waals surface area contributed by atoms with Crippen molar-refractivity contribution in [3.8, 4) is 11.3 Å². The van der Waals surface area contributed by atoms with Crippen LogP contribution in [-0.4, -0.2) is 88.5 Å². The highest BCUT2D eigenvalue weighted by atomic mass is 35.5. The SMILES string of the molecule is O[C@@H](CN1CCC(c2cccc(Cl)c2)CC1)Cn1nc(-c2ccc(C(F)(F)F)c(SCCN3CCC(F)CC3)c2)c2c1CCNC2. The van der Waals surface area contributed by atoms with Gasteiger partial charge in [0.25, 0.3) is 0 Å². The van der Waals surface area contributed by atoms with Crippen molar-refractivity contribution in [1.29, 1.82) is 0 Å². The lowest BCUT2D eigenvalue weighted by Crippen LogP contribution is -2.40. The molecule has 3 aliphatic heterocycles. The molecule has 6 rings (SSSR count). The summed E-state index contributed by atoms with van der Waals surface area (Å²) in [4.78, 5) is 4.60. The number of aromatic nitrogens is 2. The van der Waals surface area contributed by atoms with Gasteiger partial charge in [-0.2, -0.15) is 18.3 Å². The summed E-state index contributed by atoms with van der Waals surface area (Å²) in [5.41, 5.74) is 3.93. The second-order valence-corrected chi connectivity index (χ2v) is 14.3. The number of halogens is 5. The summed E-state index contributed by atoms with van der Waals surface area (Å²) < 4.78 is 57.4. The van der Waals surface area contributed by atoms with E-state index in [1.165, 1.54) is 23.4 Å². The third-order valence-corrected chi connectivity index (χ3v) is 10.8. The average molecular weight is 680 g/mol. The maximum absolute atomic E-state index is 14.0. The molecule has 3 aliphatic rings. The Morgan fingerprint density at radius 2 is 1.76 bits per heavy atom. The Morgan fingerprint density at radius 1 is 1.00 bits per heavy atom. The Kier molecular flexibility index (Phi) is 11.0. The van der Waals surface area contributed by atoms with Gasteiger partial charge < -0.3 is 20.2 Å². The maximum Gasteiger partial charge on any atom is 0.417 e. The fraction of sp³-hybridized carbons (Fsp3) is 0.559. The zero-order chi connectivity index (χ0) is 32.3. The minimum Gasteiger partial charge on any atom is -0.390 e. The molecule has 2 aromatic carbocycles. The van der Waals surface area contributed by atoms with Crippen LogP contribution in [0.4, 0.5) is 17.6 Å². The molecule has 0 saturated carbocycles. The number of fused-ring (bicyclic) bond motifs is 1. The van der Waals surface area contributed by atoms with Crippen LogP contribution in [0, 0.1) is 0 Å². The van der Waals surface area contributed by atoms with E-state index in [1.807, 2.05) is 22.9 Å². The van der Waals surface area contributed by atoms with Crippen LogP contribution in [0.5, 0.6) is 0 Å². The van der Waals surface area contributed by atoms with Crippen molar-refractivity contribution in [2.24, 2.45) is 0 Å². The van der Waals surface area contributed by atoms with Gasteiger partial charge in [-0.3, -0.25) is 4.68 Å². The quantitative estimate of drug-likeness (QED) is 0.185. The van der Waals surface area contributed by atoms with E-state index in [-0.39, 0.29) is 4.90 Å². The summed E-state index contributed by atoms with van der Waals surface area (Å²) in [6, 6.07) is 12.3. The first kappa shape index (κ1) is 33.7. The number of rotatable bonds is 10. The van der Waals surface area contributed by atoms with Crippen LogP contribution in [0.2, 0.25) is 5.02 Å². The Hall–Kier alpha value is -2.15. The van der Waals surface area contributed by atoms with Crippen LogP contribution in [0.1, 0.15) is 54.0 Å². The van der Waals surface area contributed by atoms with Crippen molar-refractivity contribution in [2.45, 2.75) is 74.5 Å². The summed E-state index contributed by atoms with van der Waals surface area (Å²) in [6.45, 7) is 5.88. The highest BCUT2D eigenvalue weighted by Gasteiger charge is 2.34. The number of aliphatic hydroxyl groups excluding tert-OH is 1. The van der Waals surface area contributed by atoms with Crippen LogP contribution in [0.3, 0.4) is 0 Å². The molecule has 0 aliphatic carbocycles. The van der Waals surface area contributed by atoms with Gasteiger partial charge >= 0.3 is 6.18 Å². The number of hydrogen-bond acceptors (Lipinski definition) is 6. The topological polar surface area (TPSA) is 56.6 Å². The molecule has 2 fully saturated rings. The summed E-state index contributed by atoms with van der Waals surface area (Å²) in [5, 5.41) is 20.2. The van der Waals surface area contributed by atoms with Gasteiger partial charge in [-0.25, -0.2) is 4.39 Å². The number of nitrogens with zero attached hydrogens (tertiary/aromatic N) is 4. The molecule has 0 radical (unpaired) electrons. The zero-order valence-electron chi connectivity index (χ0n) is 25.9. The van der Waals surface area contributed by atoms with E-state index in [0.717, 1.165) is 61.2 Å². The Balaban J connectivity index is 1.13. The predicted molar refractivity (Wildman–Crippen MR) is 175 cm³/mol. The largest absolute Gasteiger partial charge is 0.417 e. The normalized spacial score (nSPS) is 19.8. The summed E-state index contributed by atoms with van der Waals surface area (Å²) in [7, 11) is 0. The predicted octanol–water partition coefficient (Wildman–Crippen LogP) is 6.63. The molecule has 2 N–H and O–H groups in total. The number of benzene rings is 2. The van der Waals surface area contributed by atoms with Crippen molar-refractivity contribution in [1.82, 2.24) is 24.9 Å². The second kappa shape index (κ2) is 15.0. The smallest absolute Gasteiger partial charge is 0.390 e. The van der Waals surface area contributed by atoms with Gasteiger partial charge in [-0.15, -0.1) is 11.8 Å². The molecule has 1 atom stereocenters. The van der Waals surface area contributed by atoms with Crippen LogP contribution >= 0.6 is 23.4 Å². The van der Waals surface area contributed by atoms with Crippen molar-refractivity contribution in [3.63, 3.8) is 0 Å². The van der Waals surface area contributed by atoms with Gasteiger partial charge in [0.05, 0.1) is 23.9 Å². The number of hydrogen-bond donors (Lipinski definition) is 2. The molecular weight excluding hydrogens is 638 g/mol. The standard InChI is InChI=1S/C34H42ClF4N5OS/c35-26-3-1-2-24(18-26)23-7-12-43(13-8-23)21-28(45)22-44-31-6-11-40-20-29(31)33(41-44)25-4-5-30(34(37,38)39)32(19-25)46-17-16-42-14-9-27(36)10-15-42/h1-5,18-19,23,27-28,40,45H,6-17,20-22H2/t28-/m0/s1. The maximum atomic E-state index is 14.0. The Bertz CT molecular complexity index is 1470. The molecule has 250 valence electrons. The number of alkyl halides is 4. The van der Waals surface area contributed by atoms with Crippen molar-refractivity contribution < 1.29 is 22.7 Å². The first-order valence-electron chi connectivity index (χ1n) is 16.3. The molecule has 0 unspecified atom stereocenters. The van der Waals surface area contributed by atoms with Gasteiger partial charge in [0.15, 0.2) is 0 Å². The lowest BCUT2D eigenvalue weighted by molar-refractivity contribution is -0.139. The lowest BCUT2D eigenvalue weighted by atomic mass is 9.89.